The molecule has 1 heterocycles. The smallest absolute Gasteiger partial charge is 0.326 e. The normalized spacial score (nSPS) is 25.8. The van der Waals surface area contributed by atoms with Gasteiger partial charge in [-0.2, -0.15) is 0 Å². The monoisotopic (exact) mass is 258 g/mol. The third kappa shape index (κ3) is 3.43. The van der Waals surface area contributed by atoms with Crippen molar-refractivity contribution >= 4 is 11.9 Å². The Kier molecular flexibility index (Phi) is 5.55. The van der Waals surface area contributed by atoms with E-state index in [0.717, 1.165) is 12.8 Å². The predicted octanol–water partition coefficient (Wildman–Crippen LogP) is 0.0619. The van der Waals surface area contributed by atoms with Crippen LogP contribution < -0.4 is 5.73 Å². The van der Waals surface area contributed by atoms with E-state index in [2.05, 4.69) is 0 Å². The molecular formula is C12H22N2O4. The summed E-state index contributed by atoms with van der Waals surface area (Å²) in [6, 6.07) is -1.43. The fourth-order valence-corrected chi connectivity index (χ4v) is 2.39. The summed E-state index contributed by atoms with van der Waals surface area (Å²) < 4.78 is 4.88. The number of carboxylic acids is 1. The lowest BCUT2D eigenvalue weighted by Gasteiger charge is -2.38. The van der Waals surface area contributed by atoms with E-state index in [9.17, 15) is 14.7 Å². The topological polar surface area (TPSA) is 92.9 Å². The summed E-state index contributed by atoms with van der Waals surface area (Å²) in [4.78, 5) is 24.8. The Labute approximate surface area is 107 Å². The van der Waals surface area contributed by atoms with E-state index in [4.69, 9.17) is 10.5 Å². The van der Waals surface area contributed by atoms with Crippen molar-refractivity contribution in [1.29, 1.82) is 0 Å². The van der Waals surface area contributed by atoms with Crippen LogP contribution in [0.1, 0.15) is 26.2 Å². The molecule has 6 heteroatoms. The number of carbonyl (C=O) groups excluding carboxylic acids is 1. The van der Waals surface area contributed by atoms with Gasteiger partial charge in [0, 0.05) is 20.3 Å². The van der Waals surface area contributed by atoms with Gasteiger partial charge in [0.1, 0.15) is 6.04 Å². The number of nitrogens with two attached hydrogens (primary N) is 1. The van der Waals surface area contributed by atoms with Crippen LogP contribution in [0.3, 0.4) is 0 Å². The number of likely N-dealkylation sites (tertiary alicyclic amines) is 1. The van der Waals surface area contributed by atoms with Crippen molar-refractivity contribution < 1.29 is 19.4 Å². The highest BCUT2D eigenvalue weighted by Gasteiger charge is 2.38. The predicted molar refractivity (Wildman–Crippen MR) is 66.0 cm³/mol. The summed E-state index contributed by atoms with van der Waals surface area (Å²) in [6.45, 7) is 2.73. The molecule has 0 aliphatic carbocycles. The second-order valence-electron chi connectivity index (χ2n) is 4.82. The minimum Gasteiger partial charge on any atom is -0.480 e. The molecule has 0 aromatic carbocycles. The molecular weight excluding hydrogens is 236 g/mol. The molecule has 6 nitrogen and oxygen atoms in total. The van der Waals surface area contributed by atoms with Gasteiger partial charge >= 0.3 is 5.97 Å². The van der Waals surface area contributed by atoms with Gasteiger partial charge in [0.05, 0.1) is 6.04 Å². The SMILES string of the molecule is COCCC(N)C(=O)N1CCCC(C)C1C(=O)O. The van der Waals surface area contributed by atoms with Crippen molar-refractivity contribution in [1.82, 2.24) is 4.90 Å². The average molecular weight is 258 g/mol. The number of hydrogen-bond acceptors (Lipinski definition) is 4. The maximum atomic E-state index is 12.1. The summed E-state index contributed by atoms with van der Waals surface area (Å²) in [5.74, 6) is -1.27. The van der Waals surface area contributed by atoms with E-state index in [1.807, 2.05) is 6.92 Å². The highest BCUT2D eigenvalue weighted by molar-refractivity contribution is 5.87. The first-order valence-corrected chi connectivity index (χ1v) is 6.26. The van der Waals surface area contributed by atoms with Crippen molar-refractivity contribution in [2.24, 2.45) is 11.7 Å². The van der Waals surface area contributed by atoms with Crippen LogP contribution in [0.5, 0.6) is 0 Å². The number of rotatable bonds is 5. The molecule has 3 atom stereocenters. The van der Waals surface area contributed by atoms with E-state index in [-0.39, 0.29) is 11.8 Å². The molecule has 0 saturated carbocycles. The third-order valence-corrected chi connectivity index (χ3v) is 3.42. The Bertz CT molecular complexity index is 308. The number of methoxy groups -OCH3 is 1. The number of amides is 1. The highest BCUT2D eigenvalue weighted by Crippen LogP contribution is 2.24. The van der Waals surface area contributed by atoms with Gasteiger partial charge in [0.25, 0.3) is 0 Å². The van der Waals surface area contributed by atoms with Crippen LogP contribution in [0.2, 0.25) is 0 Å². The Morgan fingerprint density at radius 1 is 1.56 bits per heavy atom. The van der Waals surface area contributed by atoms with Gasteiger partial charge in [-0.3, -0.25) is 4.79 Å². The maximum absolute atomic E-state index is 12.1. The fourth-order valence-electron chi connectivity index (χ4n) is 2.39. The summed E-state index contributed by atoms with van der Waals surface area (Å²) in [5, 5.41) is 9.23. The summed E-state index contributed by atoms with van der Waals surface area (Å²) in [6.07, 6.45) is 2.06. The van der Waals surface area contributed by atoms with E-state index < -0.39 is 18.1 Å². The van der Waals surface area contributed by atoms with Gasteiger partial charge in [0.2, 0.25) is 5.91 Å². The average Bonchev–Trinajstić information content (AvgIpc) is 2.34. The van der Waals surface area contributed by atoms with E-state index in [1.54, 1.807) is 7.11 Å². The van der Waals surface area contributed by atoms with Gasteiger partial charge in [0.15, 0.2) is 0 Å². The minimum absolute atomic E-state index is 0.0326. The van der Waals surface area contributed by atoms with Gasteiger partial charge in [-0.05, 0) is 25.2 Å². The lowest BCUT2D eigenvalue weighted by atomic mass is 9.90. The lowest BCUT2D eigenvalue weighted by molar-refractivity contribution is -0.155. The van der Waals surface area contributed by atoms with Gasteiger partial charge in [-0.25, -0.2) is 4.79 Å². The molecule has 1 aliphatic rings. The second kappa shape index (κ2) is 6.70. The number of carboxylic acid groups (broad SMARTS) is 1. The molecule has 1 rings (SSSR count). The van der Waals surface area contributed by atoms with Crippen LogP contribution >= 0.6 is 0 Å². The molecule has 18 heavy (non-hydrogen) atoms. The molecule has 1 amide bonds. The molecule has 104 valence electrons. The van der Waals surface area contributed by atoms with Crippen molar-refractivity contribution in [3.63, 3.8) is 0 Å². The molecule has 1 aliphatic heterocycles. The molecule has 3 unspecified atom stereocenters. The van der Waals surface area contributed by atoms with Crippen LogP contribution in [0.15, 0.2) is 0 Å². The van der Waals surface area contributed by atoms with Crippen LogP contribution in [-0.2, 0) is 14.3 Å². The molecule has 0 aromatic rings. The third-order valence-electron chi connectivity index (χ3n) is 3.42. The zero-order chi connectivity index (χ0) is 13.7. The van der Waals surface area contributed by atoms with Crippen molar-refractivity contribution in [3.8, 4) is 0 Å². The van der Waals surface area contributed by atoms with Crippen molar-refractivity contribution in [3.05, 3.63) is 0 Å². The Morgan fingerprint density at radius 2 is 2.22 bits per heavy atom. The number of nitrogens with zero attached hydrogens (tertiary/aromatic N) is 1. The maximum Gasteiger partial charge on any atom is 0.326 e. The van der Waals surface area contributed by atoms with Gasteiger partial charge in [-0.15, -0.1) is 0 Å². The van der Waals surface area contributed by atoms with E-state index >= 15 is 0 Å². The largest absolute Gasteiger partial charge is 0.480 e. The highest BCUT2D eigenvalue weighted by atomic mass is 16.5. The summed E-state index contributed by atoms with van der Waals surface area (Å²) in [5.41, 5.74) is 5.78. The second-order valence-corrected chi connectivity index (χ2v) is 4.82. The van der Waals surface area contributed by atoms with Gasteiger partial charge < -0.3 is 20.5 Å². The number of aliphatic carboxylic acids is 1. The van der Waals surface area contributed by atoms with E-state index in [0.29, 0.717) is 19.6 Å². The number of hydrogen-bond donors (Lipinski definition) is 2. The van der Waals surface area contributed by atoms with Crippen LogP contribution in [0.25, 0.3) is 0 Å². The number of piperidine rings is 1. The molecule has 0 bridgehead atoms. The fraction of sp³-hybridized carbons (Fsp3) is 0.833. The molecule has 0 aromatic heterocycles. The molecule has 1 fully saturated rings. The Morgan fingerprint density at radius 3 is 2.78 bits per heavy atom. The van der Waals surface area contributed by atoms with Crippen molar-refractivity contribution in [2.75, 3.05) is 20.3 Å². The quantitative estimate of drug-likeness (QED) is 0.727. The first kappa shape index (κ1) is 14.9. The molecule has 0 radical (unpaired) electrons. The lowest BCUT2D eigenvalue weighted by Crippen LogP contribution is -2.56. The molecule has 1 saturated heterocycles. The van der Waals surface area contributed by atoms with Crippen LogP contribution in [0.4, 0.5) is 0 Å². The van der Waals surface area contributed by atoms with Crippen LogP contribution in [-0.4, -0.2) is 54.2 Å². The Hall–Kier alpha value is -1.14. The van der Waals surface area contributed by atoms with Crippen molar-refractivity contribution in [2.45, 2.75) is 38.3 Å². The minimum atomic E-state index is -0.950. The summed E-state index contributed by atoms with van der Waals surface area (Å²) in [7, 11) is 1.54. The first-order valence-electron chi connectivity index (χ1n) is 6.26. The molecule has 3 N–H and O–H groups in total. The van der Waals surface area contributed by atoms with Gasteiger partial charge in [-0.1, -0.05) is 6.92 Å². The molecule has 0 spiro atoms. The standard InChI is InChI=1S/C12H22N2O4/c1-8-4-3-6-14(10(8)12(16)17)11(15)9(13)5-7-18-2/h8-10H,3-7,13H2,1-2H3,(H,16,17). The van der Waals surface area contributed by atoms with Crippen LogP contribution in [0, 0.1) is 5.92 Å². The zero-order valence-corrected chi connectivity index (χ0v) is 11.0. The zero-order valence-electron chi connectivity index (χ0n) is 11.0. The summed E-state index contributed by atoms with van der Waals surface area (Å²) >= 11 is 0. The Balaban J connectivity index is 2.71. The first-order chi connectivity index (χ1) is 8.49. The van der Waals surface area contributed by atoms with E-state index in [1.165, 1.54) is 4.90 Å². The number of carbonyl (C=O) groups is 2. The number of ether oxygens (including phenoxy) is 1.